The molecular weight excluding hydrogens is 274 g/mol. The molecule has 0 bridgehead atoms. The van der Waals surface area contributed by atoms with Gasteiger partial charge >= 0.3 is 0 Å². The van der Waals surface area contributed by atoms with Gasteiger partial charge in [-0.2, -0.15) is 10.5 Å². The minimum Gasteiger partial charge on any atom is -0.465 e. The minimum atomic E-state index is 0.0702. The maximum atomic E-state index is 8.89. The summed E-state index contributed by atoms with van der Waals surface area (Å²) in [6.45, 7) is 0. The lowest BCUT2D eigenvalue weighted by molar-refractivity contribution is 0.364. The highest BCUT2D eigenvalue weighted by Gasteiger charge is 2.06. The topological polar surface area (TPSA) is 60.0 Å². The molecule has 0 atom stereocenters. The van der Waals surface area contributed by atoms with Crippen molar-refractivity contribution in [2.75, 3.05) is 19.0 Å². The maximum Gasteiger partial charge on any atom is 0.137 e. The third-order valence-corrected chi connectivity index (χ3v) is 3.11. The molecule has 4 heteroatoms. The van der Waals surface area contributed by atoms with Crippen LogP contribution in [0.15, 0.2) is 65.7 Å². The van der Waals surface area contributed by atoms with E-state index in [4.69, 9.17) is 15.3 Å². The lowest BCUT2D eigenvalue weighted by Gasteiger charge is -2.12. The van der Waals surface area contributed by atoms with Gasteiger partial charge in [-0.1, -0.05) is 18.2 Å². The maximum absolute atomic E-state index is 8.89. The first kappa shape index (κ1) is 15.2. The molecular formula is C18H15N3O. The van der Waals surface area contributed by atoms with Gasteiger partial charge in [0.15, 0.2) is 0 Å². The van der Waals surface area contributed by atoms with Crippen molar-refractivity contribution in [3.63, 3.8) is 0 Å². The zero-order valence-electron chi connectivity index (χ0n) is 12.4. The van der Waals surface area contributed by atoms with Crippen molar-refractivity contribution in [1.29, 1.82) is 10.5 Å². The molecule has 0 amide bonds. The Labute approximate surface area is 130 Å². The van der Waals surface area contributed by atoms with Gasteiger partial charge in [0.1, 0.15) is 23.5 Å². The SMILES string of the molecule is CN(C)c1ccc(/C=C/C2=CC(=C(C#N)C#N)C=CO2)cc1. The lowest BCUT2D eigenvalue weighted by Crippen LogP contribution is -2.07. The molecule has 1 aromatic carbocycles. The van der Waals surface area contributed by atoms with Crippen LogP contribution in [-0.4, -0.2) is 14.1 Å². The third-order valence-electron chi connectivity index (χ3n) is 3.11. The zero-order valence-corrected chi connectivity index (χ0v) is 12.4. The van der Waals surface area contributed by atoms with Crippen LogP contribution in [0.4, 0.5) is 5.69 Å². The van der Waals surface area contributed by atoms with E-state index in [0.29, 0.717) is 11.3 Å². The van der Waals surface area contributed by atoms with Crippen molar-refractivity contribution in [2.24, 2.45) is 0 Å². The second-order valence-corrected chi connectivity index (χ2v) is 4.84. The van der Waals surface area contributed by atoms with E-state index >= 15 is 0 Å². The Bertz CT molecular complexity index is 735. The van der Waals surface area contributed by atoms with Crippen molar-refractivity contribution in [3.8, 4) is 12.1 Å². The summed E-state index contributed by atoms with van der Waals surface area (Å²) in [5, 5.41) is 17.8. The summed E-state index contributed by atoms with van der Waals surface area (Å²) in [6.07, 6.45) is 8.47. The molecule has 1 aliphatic rings. The number of benzene rings is 1. The van der Waals surface area contributed by atoms with E-state index in [2.05, 4.69) is 0 Å². The summed E-state index contributed by atoms with van der Waals surface area (Å²) in [4.78, 5) is 2.04. The van der Waals surface area contributed by atoms with Gasteiger partial charge in [0.05, 0.1) is 6.26 Å². The second kappa shape index (κ2) is 6.97. The summed E-state index contributed by atoms with van der Waals surface area (Å²) >= 11 is 0. The summed E-state index contributed by atoms with van der Waals surface area (Å²) < 4.78 is 5.36. The van der Waals surface area contributed by atoms with Crippen LogP contribution >= 0.6 is 0 Å². The van der Waals surface area contributed by atoms with Gasteiger partial charge < -0.3 is 9.64 Å². The summed E-state index contributed by atoms with van der Waals surface area (Å²) in [5.41, 5.74) is 2.79. The van der Waals surface area contributed by atoms with Crippen LogP contribution in [0.5, 0.6) is 0 Å². The lowest BCUT2D eigenvalue weighted by atomic mass is 10.1. The highest BCUT2D eigenvalue weighted by Crippen LogP contribution is 2.19. The average Bonchev–Trinajstić information content (AvgIpc) is 2.55. The van der Waals surface area contributed by atoms with E-state index in [9.17, 15) is 0 Å². The van der Waals surface area contributed by atoms with E-state index in [1.54, 1.807) is 18.2 Å². The molecule has 0 fully saturated rings. The number of nitriles is 2. The largest absolute Gasteiger partial charge is 0.465 e. The summed E-state index contributed by atoms with van der Waals surface area (Å²) in [7, 11) is 3.99. The molecule has 4 nitrogen and oxygen atoms in total. The zero-order chi connectivity index (χ0) is 15.9. The Morgan fingerprint density at radius 1 is 1.09 bits per heavy atom. The van der Waals surface area contributed by atoms with Crippen LogP contribution in [0.25, 0.3) is 6.08 Å². The first-order valence-electron chi connectivity index (χ1n) is 6.69. The number of allylic oxidation sites excluding steroid dienone is 5. The number of hydrogen-bond donors (Lipinski definition) is 0. The molecule has 0 saturated carbocycles. The minimum absolute atomic E-state index is 0.0702. The van der Waals surface area contributed by atoms with Crippen molar-refractivity contribution in [2.45, 2.75) is 0 Å². The Kier molecular flexibility index (Phi) is 4.80. The van der Waals surface area contributed by atoms with Crippen LogP contribution in [-0.2, 0) is 4.74 Å². The van der Waals surface area contributed by atoms with Crippen LogP contribution in [0.2, 0.25) is 0 Å². The van der Waals surface area contributed by atoms with Crippen molar-refractivity contribution in [1.82, 2.24) is 0 Å². The number of rotatable bonds is 3. The molecule has 108 valence electrons. The Hall–Kier alpha value is -3.24. The van der Waals surface area contributed by atoms with E-state index in [0.717, 1.165) is 11.3 Å². The molecule has 1 aliphatic heterocycles. The number of hydrogen-bond acceptors (Lipinski definition) is 4. The van der Waals surface area contributed by atoms with E-state index in [1.165, 1.54) is 6.26 Å². The Morgan fingerprint density at radius 2 is 1.77 bits per heavy atom. The molecule has 22 heavy (non-hydrogen) atoms. The quantitative estimate of drug-likeness (QED) is 0.799. The molecule has 0 aromatic heterocycles. The highest BCUT2D eigenvalue weighted by molar-refractivity contribution is 5.59. The molecule has 1 aromatic rings. The number of ether oxygens (including phenoxy) is 1. The van der Waals surface area contributed by atoms with Crippen LogP contribution in [0, 0.1) is 22.7 Å². The van der Waals surface area contributed by atoms with Gasteiger partial charge in [-0.05, 0) is 35.9 Å². The van der Waals surface area contributed by atoms with Crippen LogP contribution in [0.1, 0.15) is 5.56 Å². The monoisotopic (exact) mass is 289 g/mol. The van der Waals surface area contributed by atoms with E-state index < -0.39 is 0 Å². The highest BCUT2D eigenvalue weighted by atomic mass is 16.5. The van der Waals surface area contributed by atoms with Gasteiger partial charge in [0.25, 0.3) is 0 Å². The molecule has 0 spiro atoms. The van der Waals surface area contributed by atoms with Crippen molar-refractivity contribution in [3.05, 3.63) is 71.2 Å². The Balaban J connectivity index is 2.19. The number of nitrogens with zero attached hydrogens (tertiary/aromatic N) is 3. The smallest absolute Gasteiger partial charge is 0.137 e. The molecule has 0 N–H and O–H groups in total. The fraction of sp³-hybridized carbons (Fsp3) is 0.111. The standard InChI is InChI=1S/C18H15N3O/c1-21(2)17-6-3-14(4-7-17)5-8-18-11-15(9-10-22-18)16(12-19)13-20/h3-11H,1-2H3/b8-5+. The predicted octanol–water partition coefficient (Wildman–Crippen LogP) is 3.54. The molecule has 2 rings (SSSR count). The third kappa shape index (κ3) is 3.65. The van der Waals surface area contributed by atoms with Crippen LogP contribution in [0.3, 0.4) is 0 Å². The van der Waals surface area contributed by atoms with Crippen LogP contribution < -0.4 is 4.90 Å². The van der Waals surface area contributed by atoms with Gasteiger partial charge in [0.2, 0.25) is 0 Å². The van der Waals surface area contributed by atoms with Gasteiger partial charge in [-0.25, -0.2) is 0 Å². The predicted molar refractivity (Wildman–Crippen MR) is 86.4 cm³/mol. The molecule has 0 unspecified atom stereocenters. The first-order chi connectivity index (χ1) is 10.6. The summed E-state index contributed by atoms with van der Waals surface area (Å²) in [6, 6.07) is 11.8. The molecule has 0 aliphatic carbocycles. The number of anilines is 1. The average molecular weight is 289 g/mol. The first-order valence-corrected chi connectivity index (χ1v) is 6.69. The van der Waals surface area contributed by atoms with E-state index in [1.807, 2.05) is 61.5 Å². The van der Waals surface area contributed by atoms with Gasteiger partial charge in [0, 0.05) is 25.4 Å². The molecule has 0 saturated heterocycles. The second-order valence-electron chi connectivity index (χ2n) is 4.84. The fourth-order valence-electron chi connectivity index (χ4n) is 1.88. The molecule has 0 radical (unpaired) electrons. The van der Waals surface area contributed by atoms with Crippen molar-refractivity contribution >= 4 is 11.8 Å². The Morgan fingerprint density at radius 3 is 2.36 bits per heavy atom. The normalized spacial score (nSPS) is 13.1. The van der Waals surface area contributed by atoms with Gasteiger partial charge in [-0.3, -0.25) is 0 Å². The molecule has 1 heterocycles. The fourth-order valence-corrected chi connectivity index (χ4v) is 1.88. The summed E-state index contributed by atoms with van der Waals surface area (Å²) in [5.74, 6) is 0.581. The van der Waals surface area contributed by atoms with E-state index in [-0.39, 0.29) is 5.57 Å². The van der Waals surface area contributed by atoms with Crippen molar-refractivity contribution < 1.29 is 4.74 Å². The van der Waals surface area contributed by atoms with Gasteiger partial charge in [-0.15, -0.1) is 0 Å².